The third-order valence-electron chi connectivity index (χ3n) is 4.27. The number of rotatable bonds is 6. The average Bonchev–Trinajstić information content (AvgIpc) is 3.27. The Labute approximate surface area is 162 Å². The van der Waals surface area contributed by atoms with Crippen LogP contribution >= 0.6 is 22.7 Å². The van der Waals surface area contributed by atoms with Gasteiger partial charge in [0.05, 0.1) is 4.88 Å². The van der Waals surface area contributed by atoms with E-state index in [-0.39, 0.29) is 5.91 Å². The maximum Gasteiger partial charge on any atom is 0.275 e. The minimum absolute atomic E-state index is 0.167. The highest BCUT2D eigenvalue weighted by molar-refractivity contribution is 7.21. The zero-order chi connectivity index (χ0) is 18.7. The molecule has 1 aromatic carbocycles. The number of carbonyl (C=O) groups is 1. The van der Waals surface area contributed by atoms with Gasteiger partial charge in [0.15, 0.2) is 0 Å². The summed E-state index contributed by atoms with van der Waals surface area (Å²) in [5.41, 5.74) is 3.51. The van der Waals surface area contributed by atoms with Gasteiger partial charge in [-0.25, -0.2) is 4.98 Å². The van der Waals surface area contributed by atoms with Crippen molar-refractivity contribution in [3.63, 3.8) is 0 Å². The monoisotopic (exact) mass is 385 g/mol. The predicted molar refractivity (Wildman–Crippen MR) is 113 cm³/mol. The molecule has 1 amide bonds. The number of aromatic nitrogens is 1. The minimum Gasteiger partial charge on any atom is -0.372 e. The van der Waals surface area contributed by atoms with Gasteiger partial charge in [-0.3, -0.25) is 4.79 Å². The summed E-state index contributed by atoms with van der Waals surface area (Å²) in [6.07, 6.45) is 0. The van der Waals surface area contributed by atoms with Crippen LogP contribution in [-0.4, -0.2) is 24.0 Å². The number of carbonyl (C=O) groups excluding carboxylic acids is 1. The van der Waals surface area contributed by atoms with Crippen molar-refractivity contribution in [2.45, 2.75) is 27.7 Å². The summed E-state index contributed by atoms with van der Waals surface area (Å²) in [6.45, 7) is 10.3. The molecule has 26 heavy (non-hydrogen) atoms. The van der Waals surface area contributed by atoms with Gasteiger partial charge in [-0.05, 0) is 63.6 Å². The van der Waals surface area contributed by atoms with Crippen molar-refractivity contribution in [2.24, 2.45) is 0 Å². The van der Waals surface area contributed by atoms with Crippen LogP contribution in [0.2, 0.25) is 0 Å². The highest BCUT2D eigenvalue weighted by Crippen LogP contribution is 2.30. The van der Waals surface area contributed by atoms with Crippen molar-refractivity contribution in [2.75, 3.05) is 23.3 Å². The SMILES string of the molecule is CCN(CC)c1ccc(NC(=O)c2csc(-c3ccc(C)s3)n2)c(C)c1. The Morgan fingerprint density at radius 3 is 2.54 bits per heavy atom. The quantitative estimate of drug-likeness (QED) is 0.602. The summed E-state index contributed by atoms with van der Waals surface area (Å²) in [5.74, 6) is -0.167. The van der Waals surface area contributed by atoms with E-state index >= 15 is 0 Å². The molecule has 0 saturated heterocycles. The van der Waals surface area contributed by atoms with E-state index in [4.69, 9.17) is 0 Å². The Morgan fingerprint density at radius 2 is 1.92 bits per heavy atom. The van der Waals surface area contributed by atoms with E-state index < -0.39 is 0 Å². The van der Waals surface area contributed by atoms with Crippen molar-refractivity contribution in [3.8, 4) is 9.88 Å². The fraction of sp³-hybridized carbons (Fsp3) is 0.300. The fourth-order valence-electron chi connectivity index (χ4n) is 2.80. The van der Waals surface area contributed by atoms with Gasteiger partial charge in [0.2, 0.25) is 0 Å². The molecule has 0 bridgehead atoms. The van der Waals surface area contributed by atoms with E-state index in [9.17, 15) is 4.79 Å². The van der Waals surface area contributed by atoms with Gasteiger partial charge in [-0.1, -0.05) is 0 Å². The molecule has 0 aliphatic carbocycles. The lowest BCUT2D eigenvalue weighted by molar-refractivity contribution is 0.102. The van der Waals surface area contributed by atoms with E-state index in [1.807, 2.05) is 18.4 Å². The maximum atomic E-state index is 12.6. The third kappa shape index (κ3) is 3.97. The molecule has 0 fully saturated rings. The van der Waals surface area contributed by atoms with Crippen molar-refractivity contribution < 1.29 is 4.79 Å². The molecule has 136 valence electrons. The molecule has 0 spiro atoms. The van der Waals surface area contributed by atoms with Crippen LogP contribution in [0.3, 0.4) is 0 Å². The van der Waals surface area contributed by atoms with Gasteiger partial charge in [0.1, 0.15) is 10.7 Å². The van der Waals surface area contributed by atoms with Crippen molar-refractivity contribution in [3.05, 3.63) is 51.8 Å². The maximum absolute atomic E-state index is 12.6. The number of nitrogens with zero attached hydrogens (tertiary/aromatic N) is 2. The number of anilines is 2. The van der Waals surface area contributed by atoms with Crippen LogP contribution in [0.1, 0.15) is 34.8 Å². The van der Waals surface area contributed by atoms with Crippen LogP contribution in [0, 0.1) is 13.8 Å². The number of amides is 1. The number of aryl methyl sites for hydroxylation is 2. The van der Waals surface area contributed by atoms with Gasteiger partial charge in [-0.2, -0.15) is 0 Å². The zero-order valence-corrected chi connectivity index (χ0v) is 17.1. The number of hydrogen-bond donors (Lipinski definition) is 1. The lowest BCUT2D eigenvalue weighted by atomic mass is 10.1. The molecule has 0 aliphatic rings. The molecule has 3 rings (SSSR count). The van der Waals surface area contributed by atoms with Crippen molar-refractivity contribution in [1.82, 2.24) is 4.98 Å². The molecule has 0 saturated carbocycles. The second-order valence-electron chi connectivity index (χ2n) is 6.07. The molecule has 6 heteroatoms. The molecular formula is C20H23N3OS2. The van der Waals surface area contributed by atoms with Crippen LogP contribution in [0.25, 0.3) is 9.88 Å². The molecule has 2 heterocycles. The second kappa shape index (κ2) is 8.01. The Bertz CT molecular complexity index is 909. The molecule has 0 radical (unpaired) electrons. The van der Waals surface area contributed by atoms with Gasteiger partial charge in [0, 0.05) is 34.7 Å². The van der Waals surface area contributed by atoms with E-state index in [1.54, 1.807) is 11.3 Å². The fourth-order valence-corrected chi connectivity index (χ4v) is 4.54. The van der Waals surface area contributed by atoms with Crippen molar-refractivity contribution in [1.29, 1.82) is 0 Å². The summed E-state index contributed by atoms with van der Waals surface area (Å²) in [5, 5.41) is 5.70. The van der Waals surface area contributed by atoms with Crippen LogP contribution in [0.15, 0.2) is 35.7 Å². The van der Waals surface area contributed by atoms with Gasteiger partial charge >= 0.3 is 0 Å². The number of thiazole rings is 1. The smallest absolute Gasteiger partial charge is 0.275 e. The summed E-state index contributed by atoms with van der Waals surface area (Å²) < 4.78 is 0. The molecule has 0 aliphatic heterocycles. The molecule has 4 nitrogen and oxygen atoms in total. The zero-order valence-electron chi connectivity index (χ0n) is 15.5. The summed E-state index contributed by atoms with van der Waals surface area (Å²) >= 11 is 3.20. The Balaban J connectivity index is 1.75. The lowest BCUT2D eigenvalue weighted by Gasteiger charge is -2.22. The molecule has 0 unspecified atom stereocenters. The topological polar surface area (TPSA) is 45.2 Å². The minimum atomic E-state index is -0.167. The first-order valence-electron chi connectivity index (χ1n) is 8.71. The number of hydrogen-bond acceptors (Lipinski definition) is 5. The van der Waals surface area contributed by atoms with E-state index in [2.05, 4.69) is 60.2 Å². The lowest BCUT2D eigenvalue weighted by Crippen LogP contribution is -2.22. The van der Waals surface area contributed by atoms with E-state index in [0.29, 0.717) is 5.69 Å². The van der Waals surface area contributed by atoms with Crippen LogP contribution in [0.4, 0.5) is 11.4 Å². The molecule has 3 aromatic rings. The largest absolute Gasteiger partial charge is 0.372 e. The first kappa shape index (κ1) is 18.6. The standard InChI is InChI=1S/C20H23N3OS2/c1-5-23(6-2)15-8-9-16(13(3)11-15)21-19(24)17-12-25-20(22-17)18-10-7-14(4)26-18/h7-12H,5-6H2,1-4H3,(H,21,24). The van der Waals surface area contributed by atoms with Crippen molar-refractivity contribution >= 4 is 40.0 Å². The van der Waals surface area contributed by atoms with Crippen LogP contribution < -0.4 is 10.2 Å². The number of nitrogens with one attached hydrogen (secondary N) is 1. The van der Waals surface area contributed by atoms with Crippen LogP contribution in [-0.2, 0) is 0 Å². The highest BCUT2D eigenvalue weighted by Gasteiger charge is 2.14. The Hall–Kier alpha value is -2.18. The normalized spacial score (nSPS) is 10.8. The third-order valence-corrected chi connectivity index (χ3v) is 6.29. The second-order valence-corrected chi connectivity index (χ2v) is 8.22. The van der Waals surface area contributed by atoms with Gasteiger partial charge < -0.3 is 10.2 Å². The molecule has 2 aromatic heterocycles. The highest BCUT2D eigenvalue weighted by atomic mass is 32.1. The summed E-state index contributed by atoms with van der Waals surface area (Å²) in [7, 11) is 0. The molecule has 1 N–H and O–H groups in total. The average molecular weight is 386 g/mol. The number of benzene rings is 1. The summed E-state index contributed by atoms with van der Waals surface area (Å²) in [6, 6.07) is 10.3. The van der Waals surface area contributed by atoms with E-state index in [0.717, 1.165) is 34.2 Å². The Morgan fingerprint density at radius 1 is 1.15 bits per heavy atom. The molecular weight excluding hydrogens is 362 g/mol. The van der Waals surface area contributed by atoms with Gasteiger partial charge in [-0.15, -0.1) is 22.7 Å². The number of thiophene rings is 1. The first-order chi connectivity index (χ1) is 12.5. The Kier molecular flexibility index (Phi) is 5.74. The van der Waals surface area contributed by atoms with E-state index in [1.165, 1.54) is 21.9 Å². The van der Waals surface area contributed by atoms with Crippen LogP contribution in [0.5, 0.6) is 0 Å². The summed E-state index contributed by atoms with van der Waals surface area (Å²) in [4.78, 5) is 21.7. The first-order valence-corrected chi connectivity index (χ1v) is 10.4. The predicted octanol–water partition coefficient (Wildman–Crippen LogP) is 5.59. The van der Waals surface area contributed by atoms with Gasteiger partial charge in [0.25, 0.3) is 5.91 Å². The molecule has 0 atom stereocenters.